The van der Waals surface area contributed by atoms with E-state index >= 15 is 0 Å². The molecule has 7 heteroatoms. The smallest absolute Gasteiger partial charge is 0.221 e. The average molecular weight is 473 g/mol. The second-order valence-electron chi connectivity index (χ2n) is 8.14. The van der Waals surface area contributed by atoms with Crippen LogP contribution >= 0.6 is 12.2 Å². The Labute approximate surface area is 204 Å². The van der Waals surface area contributed by atoms with E-state index in [0.29, 0.717) is 30.9 Å². The second kappa shape index (κ2) is 11.4. The summed E-state index contributed by atoms with van der Waals surface area (Å²) in [6.45, 7) is 3.63. The van der Waals surface area contributed by atoms with Gasteiger partial charge in [0.15, 0.2) is 10.6 Å². The van der Waals surface area contributed by atoms with E-state index in [-0.39, 0.29) is 5.91 Å². The molecule has 0 aliphatic carbocycles. The van der Waals surface area contributed by atoms with Crippen LogP contribution < -0.4 is 10.1 Å². The Bertz CT molecular complexity index is 1260. The van der Waals surface area contributed by atoms with Gasteiger partial charge in [-0.3, -0.25) is 14.5 Å². The molecule has 0 saturated heterocycles. The van der Waals surface area contributed by atoms with Crippen LogP contribution in [0.1, 0.15) is 23.1 Å². The molecule has 1 heterocycles. The van der Waals surface area contributed by atoms with Gasteiger partial charge in [0.1, 0.15) is 12.4 Å². The third kappa shape index (κ3) is 6.42. The molecule has 0 fully saturated rings. The van der Waals surface area contributed by atoms with Crippen molar-refractivity contribution in [1.82, 2.24) is 20.1 Å². The summed E-state index contributed by atoms with van der Waals surface area (Å²) >= 11 is 5.36. The summed E-state index contributed by atoms with van der Waals surface area (Å²) in [6, 6.07) is 26.2. The highest BCUT2D eigenvalue weighted by molar-refractivity contribution is 7.71. The molecule has 0 atom stereocenters. The fourth-order valence-electron chi connectivity index (χ4n) is 3.59. The lowest BCUT2D eigenvalue weighted by Crippen LogP contribution is -2.26. The van der Waals surface area contributed by atoms with Crippen molar-refractivity contribution in [3.05, 3.63) is 100 Å². The zero-order valence-corrected chi connectivity index (χ0v) is 20.0. The quantitative estimate of drug-likeness (QED) is 0.310. The maximum Gasteiger partial charge on any atom is 0.221 e. The Hall–Kier alpha value is -3.71. The van der Waals surface area contributed by atoms with Gasteiger partial charge < -0.3 is 10.1 Å². The SMILES string of the molecule is Cc1ccc(-c2n[nH]c(=S)n2CCC(=O)NCCc2ccc(OCc3ccccc3)cc2)cc1. The number of aromatic nitrogens is 3. The Kier molecular flexibility index (Phi) is 7.88. The summed E-state index contributed by atoms with van der Waals surface area (Å²) < 4.78 is 8.21. The number of nitrogens with one attached hydrogen (secondary N) is 2. The van der Waals surface area contributed by atoms with Gasteiger partial charge in [0.05, 0.1) is 0 Å². The lowest BCUT2D eigenvalue weighted by Gasteiger charge is -2.09. The lowest BCUT2D eigenvalue weighted by molar-refractivity contribution is -0.121. The molecule has 1 amide bonds. The van der Waals surface area contributed by atoms with Crippen molar-refractivity contribution in [3.8, 4) is 17.1 Å². The molecule has 0 saturated carbocycles. The van der Waals surface area contributed by atoms with Crippen molar-refractivity contribution in [2.24, 2.45) is 0 Å². The summed E-state index contributed by atoms with van der Waals surface area (Å²) in [5, 5.41) is 10.2. The van der Waals surface area contributed by atoms with Gasteiger partial charge in [-0.15, -0.1) is 0 Å². The lowest BCUT2D eigenvalue weighted by atomic mass is 10.1. The van der Waals surface area contributed by atoms with Gasteiger partial charge in [-0.1, -0.05) is 72.3 Å². The fraction of sp³-hybridized carbons (Fsp3) is 0.222. The predicted molar refractivity (Wildman–Crippen MR) is 136 cm³/mol. The molecule has 0 radical (unpaired) electrons. The first-order chi connectivity index (χ1) is 16.6. The maximum absolute atomic E-state index is 12.4. The van der Waals surface area contributed by atoms with E-state index < -0.39 is 0 Å². The number of amides is 1. The minimum absolute atomic E-state index is 0.0132. The topological polar surface area (TPSA) is 71.9 Å². The first-order valence-corrected chi connectivity index (χ1v) is 11.7. The van der Waals surface area contributed by atoms with Gasteiger partial charge in [0, 0.05) is 25.1 Å². The summed E-state index contributed by atoms with van der Waals surface area (Å²) in [6.07, 6.45) is 1.09. The molecular weight excluding hydrogens is 444 g/mol. The van der Waals surface area contributed by atoms with Crippen molar-refractivity contribution in [2.45, 2.75) is 32.9 Å². The predicted octanol–water partition coefficient (Wildman–Crippen LogP) is 5.24. The third-order valence-corrected chi connectivity index (χ3v) is 5.85. The number of aromatic amines is 1. The molecule has 0 aliphatic heterocycles. The zero-order valence-electron chi connectivity index (χ0n) is 19.2. The number of carbonyl (C=O) groups is 1. The number of ether oxygens (including phenoxy) is 1. The maximum atomic E-state index is 12.4. The van der Waals surface area contributed by atoms with E-state index in [1.54, 1.807) is 0 Å². The highest BCUT2D eigenvalue weighted by Crippen LogP contribution is 2.18. The molecule has 1 aromatic heterocycles. The van der Waals surface area contributed by atoms with Crippen molar-refractivity contribution < 1.29 is 9.53 Å². The normalized spacial score (nSPS) is 10.7. The zero-order chi connectivity index (χ0) is 23.8. The molecule has 174 valence electrons. The van der Waals surface area contributed by atoms with Gasteiger partial charge in [-0.2, -0.15) is 5.10 Å². The number of hydrogen-bond donors (Lipinski definition) is 2. The number of H-pyrrole nitrogens is 1. The molecule has 0 unspecified atom stereocenters. The summed E-state index contributed by atoms with van der Waals surface area (Å²) in [4.78, 5) is 12.4. The molecule has 0 spiro atoms. The minimum atomic E-state index is -0.0132. The minimum Gasteiger partial charge on any atom is -0.489 e. The Morgan fingerprint density at radius 2 is 1.74 bits per heavy atom. The average Bonchev–Trinajstić information content (AvgIpc) is 3.23. The molecule has 0 bridgehead atoms. The fourth-order valence-corrected chi connectivity index (χ4v) is 3.81. The highest BCUT2D eigenvalue weighted by Gasteiger charge is 2.10. The molecule has 4 rings (SSSR count). The summed E-state index contributed by atoms with van der Waals surface area (Å²) in [7, 11) is 0. The van der Waals surface area contributed by atoms with E-state index in [1.807, 2.05) is 90.4 Å². The molecule has 2 N–H and O–H groups in total. The molecule has 3 aromatic carbocycles. The van der Waals surface area contributed by atoms with Crippen LogP contribution in [0.3, 0.4) is 0 Å². The first kappa shape index (κ1) is 23.4. The van der Waals surface area contributed by atoms with Crippen LogP contribution in [0.2, 0.25) is 0 Å². The van der Waals surface area contributed by atoms with Gasteiger partial charge in [-0.25, -0.2) is 0 Å². The number of carbonyl (C=O) groups excluding carboxylic acids is 1. The number of nitrogens with zero attached hydrogens (tertiary/aromatic N) is 2. The van der Waals surface area contributed by atoms with Gasteiger partial charge in [0.2, 0.25) is 5.91 Å². The standard InChI is InChI=1S/C27H28N4O2S/c1-20-7-11-23(12-8-20)26-29-30-27(34)31(26)18-16-25(32)28-17-15-21-9-13-24(14-10-21)33-19-22-5-3-2-4-6-22/h2-14H,15-19H2,1H3,(H,28,32)(H,30,34). The van der Waals surface area contributed by atoms with E-state index in [1.165, 1.54) is 5.56 Å². The Balaban J connectivity index is 1.22. The van der Waals surface area contributed by atoms with Crippen molar-refractivity contribution in [3.63, 3.8) is 0 Å². The number of rotatable bonds is 10. The Morgan fingerprint density at radius 1 is 1.00 bits per heavy atom. The van der Waals surface area contributed by atoms with Crippen LogP contribution in [0.5, 0.6) is 5.75 Å². The first-order valence-electron chi connectivity index (χ1n) is 11.3. The van der Waals surface area contributed by atoms with Gasteiger partial charge >= 0.3 is 0 Å². The van der Waals surface area contributed by atoms with Gasteiger partial charge in [0.25, 0.3) is 0 Å². The van der Waals surface area contributed by atoms with Crippen molar-refractivity contribution in [1.29, 1.82) is 0 Å². The monoisotopic (exact) mass is 472 g/mol. The Morgan fingerprint density at radius 3 is 2.47 bits per heavy atom. The summed E-state index contributed by atoms with van der Waals surface area (Å²) in [5.41, 5.74) is 4.43. The van der Waals surface area contributed by atoms with E-state index in [2.05, 4.69) is 15.5 Å². The number of hydrogen-bond acceptors (Lipinski definition) is 4. The number of benzene rings is 3. The largest absolute Gasteiger partial charge is 0.489 e. The molecule has 6 nitrogen and oxygen atoms in total. The molecule has 34 heavy (non-hydrogen) atoms. The van der Waals surface area contributed by atoms with E-state index in [4.69, 9.17) is 17.0 Å². The molecule has 0 aliphatic rings. The van der Waals surface area contributed by atoms with Crippen LogP contribution in [0, 0.1) is 11.7 Å². The van der Waals surface area contributed by atoms with Crippen LogP contribution in [-0.4, -0.2) is 27.2 Å². The number of aryl methyl sites for hydroxylation is 1. The second-order valence-corrected chi connectivity index (χ2v) is 8.52. The van der Waals surface area contributed by atoms with Crippen molar-refractivity contribution in [2.75, 3.05) is 6.54 Å². The highest BCUT2D eigenvalue weighted by atomic mass is 32.1. The molecular formula is C27H28N4O2S. The van der Waals surface area contributed by atoms with E-state index in [0.717, 1.165) is 34.7 Å². The van der Waals surface area contributed by atoms with Gasteiger partial charge in [-0.05, 0) is 48.8 Å². The van der Waals surface area contributed by atoms with E-state index in [9.17, 15) is 4.79 Å². The molecule has 4 aromatic rings. The van der Waals surface area contributed by atoms with Crippen LogP contribution in [0.4, 0.5) is 0 Å². The van der Waals surface area contributed by atoms with Crippen LogP contribution in [-0.2, 0) is 24.4 Å². The van der Waals surface area contributed by atoms with Crippen LogP contribution in [0.25, 0.3) is 11.4 Å². The summed E-state index contributed by atoms with van der Waals surface area (Å²) in [5.74, 6) is 1.56. The van der Waals surface area contributed by atoms with Crippen molar-refractivity contribution >= 4 is 18.1 Å². The third-order valence-electron chi connectivity index (χ3n) is 5.54. The van der Waals surface area contributed by atoms with Crippen LogP contribution in [0.15, 0.2) is 78.9 Å².